The summed E-state index contributed by atoms with van der Waals surface area (Å²) in [6.07, 6.45) is 6.41. The van der Waals surface area contributed by atoms with Gasteiger partial charge < -0.3 is 14.5 Å². The molecule has 0 bridgehead atoms. The summed E-state index contributed by atoms with van der Waals surface area (Å²) in [5.74, 6) is 1.48. The Hall–Kier alpha value is -1.89. The Balaban J connectivity index is 1.68. The molecule has 2 aromatic rings. The van der Waals surface area contributed by atoms with Crippen LogP contribution in [0.1, 0.15) is 13.3 Å². The van der Waals surface area contributed by atoms with E-state index in [9.17, 15) is 0 Å². The zero-order valence-electron chi connectivity index (χ0n) is 12.1. The molecule has 1 aliphatic heterocycles. The maximum absolute atomic E-state index is 5.43. The number of thiazole rings is 1. The van der Waals surface area contributed by atoms with Crippen LogP contribution in [0, 0.1) is 0 Å². The molecule has 7 heteroatoms. The van der Waals surface area contributed by atoms with Gasteiger partial charge in [-0.25, -0.2) is 4.98 Å². The number of hydrogen-bond acceptors (Lipinski definition) is 7. The van der Waals surface area contributed by atoms with Crippen LogP contribution in [0.25, 0.3) is 0 Å². The fraction of sp³-hybridized carbons (Fsp3) is 0.500. The molecule has 112 valence electrons. The highest BCUT2D eigenvalue weighted by Gasteiger charge is 2.18. The van der Waals surface area contributed by atoms with E-state index >= 15 is 0 Å². The van der Waals surface area contributed by atoms with Gasteiger partial charge in [-0.2, -0.15) is 4.98 Å². The van der Waals surface area contributed by atoms with Gasteiger partial charge in [0.15, 0.2) is 10.9 Å². The van der Waals surface area contributed by atoms with E-state index in [1.54, 1.807) is 17.5 Å². The van der Waals surface area contributed by atoms with E-state index in [-0.39, 0.29) is 0 Å². The van der Waals surface area contributed by atoms with Crippen molar-refractivity contribution in [2.24, 2.45) is 0 Å². The molecule has 3 heterocycles. The Labute approximate surface area is 128 Å². The molecule has 0 radical (unpaired) electrons. The number of rotatable bonds is 4. The molecule has 0 aromatic carbocycles. The normalized spacial score (nSPS) is 15.9. The van der Waals surface area contributed by atoms with Gasteiger partial charge in [0.25, 0.3) is 0 Å². The summed E-state index contributed by atoms with van der Waals surface area (Å²) in [6, 6.07) is 0. The Bertz CT molecular complexity index is 562. The summed E-state index contributed by atoms with van der Waals surface area (Å²) in [5, 5.41) is 3.13. The van der Waals surface area contributed by atoms with Crippen molar-refractivity contribution in [2.45, 2.75) is 13.3 Å². The van der Waals surface area contributed by atoms with Crippen molar-refractivity contribution in [1.82, 2.24) is 15.0 Å². The predicted molar refractivity (Wildman–Crippen MR) is 84.4 cm³/mol. The summed E-state index contributed by atoms with van der Waals surface area (Å²) < 4.78 is 5.43. The minimum absolute atomic E-state index is 0.594. The number of aromatic nitrogens is 3. The summed E-state index contributed by atoms with van der Waals surface area (Å²) >= 11 is 1.69. The van der Waals surface area contributed by atoms with Crippen LogP contribution in [-0.2, 0) is 0 Å². The lowest BCUT2D eigenvalue weighted by Crippen LogP contribution is -2.31. The Morgan fingerprint density at radius 2 is 2.05 bits per heavy atom. The summed E-state index contributed by atoms with van der Waals surface area (Å²) in [7, 11) is 0. The van der Waals surface area contributed by atoms with Crippen LogP contribution in [-0.4, -0.2) is 47.7 Å². The Kier molecular flexibility index (Phi) is 4.49. The zero-order valence-corrected chi connectivity index (χ0v) is 12.9. The molecule has 2 aromatic heterocycles. The number of hydrogen-bond donors (Lipinski definition) is 0. The largest absolute Gasteiger partial charge is 0.477 e. The first-order valence-corrected chi connectivity index (χ1v) is 8.09. The van der Waals surface area contributed by atoms with Gasteiger partial charge in [-0.05, 0) is 13.3 Å². The summed E-state index contributed by atoms with van der Waals surface area (Å²) in [4.78, 5) is 17.8. The zero-order chi connectivity index (χ0) is 14.5. The fourth-order valence-electron chi connectivity index (χ4n) is 2.42. The molecule has 0 amide bonds. The van der Waals surface area contributed by atoms with Crippen LogP contribution >= 0.6 is 11.3 Å². The Morgan fingerprint density at radius 3 is 2.86 bits per heavy atom. The summed E-state index contributed by atoms with van der Waals surface area (Å²) in [6.45, 7) is 6.44. The molecule has 1 fully saturated rings. The lowest BCUT2D eigenvalue weighted by Gasteiger charge is -2.22. The Morgan fingerprint density at radius 1 is 1.19 bits per heavy atom. The monoisotopic (exact) mass is 305 g/mol. The van der Waals surface area contributed by atoms with Gasteiger partial charge in [0.1, 0.15) is 0 Å². The molecular formula is C14H19N5OS. The summed E-state index contributed by atoms with van der Waals surface area (Å²) in [5.41, 5.74) is 0. The second kappa shape index (κ2) is 6.71. The highest BCUT2D eigenvalue weighted by Crippen LogP contribution is 2.21. The highest BCUT2D eigenvalue weighted by atomic mass is 32.1. The molecule has 6 nitrogen and oxygen atoms in total. The van der Waals surface area contributed by atoms with Gasteiger partial charge in [0.05, 0.1) is 19.0 Å². The first kappa shape index (κ1) is 14.1. The first-order valence-electron chi connectivity index (χ1n) is 7.21. The number of nitrogens with zero attached hydrogens (tertiary/aromatic N) is 5. The van der Waals surface area contributed by atoms with Gasteiger partial charge in [0.2, 0.25) is 5.88 Å². The van der Waals surface area contributed by atoms with Gasteiger partial charge in [-0.15, -0.1) is 11.3 Å². The van der Waals surface area contributed by atoms with Crippen molar-refractivity contribution in [3.05, 3.63) is 24.0 Å². The third-order valence-electron chi connectivity index (χ3n) is 3.40. The topological polar surface area (TPSA) is 54.4 Å². The van der Waals surface area contributed by atoms with Gasteiger partial charge >= 0.3 is 0 Å². The van der Waals surface area contributed by atoms with Gasteiger partial charge in [0, 0.05) is 37.8 Å². The number of anilines is 2. The molecule has 0 spiro atoms. The van der Waals surface area contributed by atoms with Crippen molar-refractivity contribution in [2.75, 3.05) is 42.6 Å². The average Bonchev–Trinajstić information content (AvgIpc) is 2.93. The highest BCUT2D eigenvalue weighted by molar-refractivity contribution is 7.13. The van der Waals surface area contributed by atoms with Gasteiger partial charge in [-0.3, -0.25) is 4.98 Å². The smallest absolute Gasteiger partial charge is 0.234 e. The van der Waals surface area contributed by atoms with Gasteiger partial charge in [-0.1, -0.05) is 0 Å². The van der Waals surface area contributed by atoms with Crippen molar-refractivity contribution in [3.63, 3.8) is 0 Å². The lowest BCUT2D eigenvalue weighted by molar-refractivity contribution is 0.325. The van der Waals surface area contributed by atoms with Crippen LogP contribution in [0.2, 0.25) is 0 Å². The minimum Gasteiger partial charge on any atom is -0.477 e. The SMILES string of the molecule is CCOc1cncc(N2CCCN(c3nccs3)CC2)n1. The quantitative estimate of drug-likeness (QED) is 0.862. The maximum atomic E-state index is 5.43. The third kappa shape index (κ3) is 3.41. The van der Waals surface area contributed by atoms with E-state index in [1.807, 2.05) is 24.7 Å². The van der Waals surface area contributed by atoms with Crippen LogP contribution in [0.15, 0.2) is 24.0 Å². The molecule has 21 heavy (non-hydrogen) atoms. The third-order valence-corrected chi connectivity index (χ3v) is 4.23. The fourth-order valence-corrected chi connectivity index (χ4v) is 3.11. The number of ether oxygens (including phenoxy) is 1. The lowest BCUT2D eigenvalue weighted by atomic mass is 10.4. The second-order valence-electron chi connectivity index (χ2n) is 4.79. The van der Waals surface area contributed by atoms with E-state index in [0.29, 0.717) is 12.5 Å². The van der Waals surface area contributed by atoms with E-state index in [1.165, 1.54) is 0 Å². The standard InChI is InChI=1S/C14H19N5OS/c1-2-20-13-11-15-10-12(17-13)18-5-3-6-19(8-7-18)14-16-4-9-21-14/h4,9-11H,2-3,5-8H2,1H3. The van der Waals surface area contributed by atoms with Crippen molar-refractivity contribution >= 4 is 22.3 Å². The van der Waals surface area contributed by atoms with Crippen molar-refractivity contribution < 1.29 is 4.74 Å². The molecule has 1 saturated heterocycles. The van der Waals surface area contributed by atoms with E-state index in [0.717, 1.165) is 43.5 Å². The molecule has 1 aliphatic rings. The maximum Gasteiger partial charge on any atom is 0.234 e. The molecule has 0 N–H and O–H groups in total. The van der Waals surface area contributed by atoms with Crippen LogP contribution in [0.5, 0.6) is 5.88 Å². The molecule has 0 atom stereocenters. The molecular weight excluding hydrogens is 286 g/mol. The minimum atomic E-state index is 0.594. The molecule has 0 saturated carbocycles. The van der Waals surface area contributed by atoms with E-state index < -0.39 is 0 Å². The van der Waals surface area contributed by atoms with Crippen molar-refractivity contribution in [1.29, 1.82) is 0 Å². The van der Waals surface area contributed by atoms with Crippen LogP contribution in [0.4, 0.5) is 10.9 Å². The average molecular weight is 305 g/mol. The molecule has 0 unspecified atom stereocenters. The van der Waals surface area contributed by atoms with Crippen LogP contribution < -0.4 is 14.5 Å². The van der Waals surface area contributed by atoms with Crippen molar-refractivity contribution in [3.8, 4) is 5.88 Å². The van der Waals surface area contributed by atoms with E-state index in [2.05, 4.69) is 24.8 Å². The molecule has 0 aliphatic carbocycles. The predicted octanol–water partition coefficient (Wildman–Crippen LogP) is 2.05. The van der Waals surface area contributed by atoms with E-state index in [4.69, 9.17) is 4.74 Å². The second-order valence-corrected chi connectivity index (χ2v) is 5.66. The van der Waals surface area contributed by atoms with Crippen LogP contribution in [0.3, 0.4) is 0 Å². The first-order chi connectivity index (χ1) is 10.4. The molecule has 3 rings (SSSR count).